The highest BCUT2D eigenvalue weighted by atomic mass is 14.7. The van der Waals surface area contributed by atoms with Crippen molar-refractivity contribution in [2.45, 2.75) is 19.8 Å². The van der Waals surface area contributed by atoms with Gasteiger partial charge in [-0.2, -0.15) is 5.26 Å². The lowest BCUT2D eigenvalue weighted by Gasteiger charge is -2.14. The van der Waals surface area contributed by atoms with Gasteiger partial charge in [0.15, 0.2) is 0 Å². The first-order valence-corrected chi connectivity index (χ1v) is 5.89. The average Bonchev–Trinajstić information content (AvgIpc) is 2.38. The minimum absolute atomic E-state index is 0.354. The molecule has 3 nitrogen and oxygen atoms in total. The van der Waals surface area contributed by atoms with Gasteiger partial charge in [0.05, 0.1) is 0 Å². The lowest BCUT2D eigenvalue weighted by Crippen LogP contribution is -2.00. The molecule has 0 saturated heterocycles. The van der Waals surface area contributed by atoms with E-state index in [1.54, 1.807) is 6.20 Å². The second kappa shape index (κ2) is 4.89. The fraction of sp³-hybridized carbons (Fsp3) is 0.200. The highest BCUT2D eigenvalue weighted by Gasteiger charge is 2.12. The summed E-state index contributed by atoms with van der Waals surface area (Å²) < 4.78 is 0. The van der Waals surface area contributed by atoms with E-state index in [0.29, 0.717) is 11.6 Å². The summed E-state index contributed by atoms with van der Waals surface area (Å²) in [5.41, 5.74) is 10.1. The number of hydrogen-bond acceptors (Lipinski definition) is 3. The maximum absolute atomic E-state index is 9.10. The molecule has 0 saturated carbocycles. The SMILES string of the molecule is CC(C)c1cccc(-c2cccnc2C#N)c1N. The topological polar surface area (TPSA) is 62.7 Å². The number of nitrogens with two attached hydrogens (primary N) is 1. The molecule has 0 amide bonds. The summed E-state index contributed by atoms with van der Waals surface area (Å²) in [5, 5.41) is 9.10. The van der Waals surface area contributed by atoms with Gasteiger partial charge in [0.25, 0.3) is 0 Å². The number of rotatable bonds is 2. The normalized spacial score (nSPS) is 10.3. The molecule has 0 spiro atoms. The van der Waals surface area contributed by atoms with Gasteiger partial charge < -0.3 is 5.73 Å². The average molecular weight is 237 g/mol. The van der Waals surface area contributed by atoms with Gasteiger partial charge in [-0.1, -0.05) is 32.0 Å². The Labute approximate surface area is 107 Å². The van der Waals surface area contributed by atoms with Crippen LogP contribution in [0.2, 0.25) is 0 Å². The molecule has 0 atom stereocenters. The number of para-hydroxylation sites is 1. The van der Waals surface area contributed by atoms with Crippen molar-refractivity contribution in [2.24, 2.45) is 0 Å². The van der Waals surface area contributed by atoms with Crippen LogP contribution in [-0.2, 0) is 0 Å². The molecule has 18 heavy (non-hydrogen) atoms. The molecule has 1 aromatic carbocycles. The van der Waals surface area contributed by atoms with Crippen molar-refractivity contribution in [1.29, 1.82) is 5.26 Å². The summed E-state index contributed by atoms with van der Waals surface area (Å²) >= 11 is 0. The zero-order valence-electron chi connectivity index (χ0n) is 10.5. The summed E-state index contributed by atoms with van der Waals surface area (Å²) in [6.45, 7) is 4.20. The number of aromatic nitrogens is 1. The smallest absolute Gasteiger partial charge is 0.148 e. The van der Waals surface area contributed by atoms with Crippen molar-refractivity contribution in [2.75, 3.05) is 5.73 Å². The standard InChI is InChI=1S/C15H15N3/c1-10(2)11-5-3-6-13(15(11)17)12-7-4-8-18-14(12)9-16/h3-8,10H,17H2,1-2H3. The van der Waals surface area contributed by atoms with E-state index < -0.39 is 0 Å². The van der Waals surface area contributed by atoms with Gasteiger partial charge >= 0.3 is 0 Å². The van der Waals surface area contributed by atoms with Crippen molar-refractivity contribution in [1.82, 2.24) is 4.98 Å². The molecule has 0 radical (unpaired) electrons. The van der Waals surface area contributed by atoms with E-state index in [9.17, 15) is 0 Å². The Morgan fingerprint density at radius 2 is 1.89 bits per heavy atom. The molecule has 0 bridgehead atoms. The van der Waals surface area contributed by atoms with Crippen LogP contribution in [0.5, 0.6) is 0 Å². The first-order chi connectivity index (χ1) is 8.65. The van der Waals surface area contributed by atoms with Crippen LogP contribution in [0.15, 0.2) is 36.5 Å². The van der Waals surface area contributed by atoms with Crippen molar-refractivity contribution in [3.63, 3.8) is 0 Å². The Morgan fingerprint density at radius 3 is 2.56 bits per heavy atom. The Kier molecular flexibility index (Phi) is 3.29. The molecule has 3 heteroatoms. The number of pyridine rings is 1. The zero-order chi connectivity index (χ0) is 13.1. The maximum atomic E-state index is 9.10. The van der Waals surface area contributed by atoms with E-state index in [2.05, 4.69) is 24.9 Å². The van der Waals surface area contributed by atoms with E-state index in [-0.39, 0.29) is 0 Å². The third kappa shape index (κ3) is 2.05. The number of nitrogen functional groups attached to an aromatic ring is 1. The lowest BCUT2D eigenvalue weighted by molar-refractivity contribution is 0.870. The second-order valence-corrected chi connectivity index (χ2v) is 4.47. The van der Waals surface area contributed by atoms with Crippen LogP contribution in [0.3, 0.4) is 0 Å². The molecule has 2 rings (SSSR count). The minimum atomic E-state index is 0.354. The quantitative estimate of drug-likeness (QED) is 0.815. The van der Waals surface area contributed by atoms with Crippen LogP contribution in [0.1, 0.15) is 31.0 Å². The number of anilines is 1. The molecular weight excluding hydrogens is 222 g/mol. The highest BCUT2D eigenvalue weighted by molar-refractivity contribution is 5.81. The van der Waals surface area contributed by atoms with E-state index >= 15 is 0 Å². The van der Waals surface area contributed by atoms with Crippen LogP contribution in [0, 0.1) is 11.3 Å². The van der Waals surface area contributed by atoms with Crippen molar-refractivity contribution < 1.29 is 0 Å². The predicted molar refractivity (Wildman–Crippen MR) is 72.9 cm³/mol. The predicted octanol–water partition coefficient (Wildman–Crippen LogP) is 3.33. The van der Waals surface area contributed by atoms with Crippen LogP contribution >= 0.6 is 0 Å². The number of nitriles is 1. The van der Waals surface area contributed by atoms with Gasteiger partial charge in [0.2, 0.25) is 0 Å². The Balaban J connectivity index is 2.66. The Bertz CT molecular complexity index is 609. The molecular formula is C15H15N3. The van der Waals surface area contributed by atoms with Crippen LogP contribution in [-0.4, -0.2) is 4.98 Å². The molecule has 2 aromatic rings. The fourth-order valence-corrected chi connectivity index (χ4v) is 2.03. The second-order valence-electron chi connectivity index (χ2n) is 4.47. The van der Waals surface area contributed by atoms with Crippen molar-refractivity contribution in [3.05, 3.63) is 47.8 Å². The molecule has 0 unspecified atom stereocenters. The molecule has 90 valence electrons. The van der Waals surface area contributed by atoms with Gasteiger partial charge in [-0.3, -0.25) is 0 Å². The summed E-state index contributed by atoms with van der Waals surface area (Å²) in [4.78, 5) is 4.07. The van der Waals surface area contributed by atoms with E-state index in [1.165, 1.54) is 0 Å². The number of nitrogens with zero attached hydrogens (tertiary/aromatic N) is 2. The summed E-state index contributed by atoms with van der Waals surface area (Å²) in [5.74, 6) is 0.354. The van der Waals surface area contributed by atoms with Gasteiger partial charge in [-0.25, -0.2) is 4.98 Å². The third-order valence-electron chi connectivity index (χ3n) is 2.97. The van der Waals surface area contributed by atoms with Crippen LogP contribution in [0.25, 0.3) is 11.1 Å². The molecule has 0 aliphatic rings. The minimum Gasteiger partial charge on any atom is -0.398 e. The highest BCUT2D eigenvalue weighted by Crippen LogP contribution is 2.33. The summed E-state index contributed by atoms with van der Waals surface area (Å²) in [7, 11) is 0. The summed E-state index contributed by atoms with van der Waals surface area (Å²) in [6.07, 6.45) is 1.62. The zero-order valence-corrected chi connectivity index (χ0v) is 10.5. The van der Waals surface area contributed by atoms with E-state index in [1.807, 2.05) is 30.3 Å². The monoisotopic (exact) mass is 237 g/mol. The summed E-state index contributed by atoms with van der Waals surface area (Å²) in [6, 6.07) is 11.7. The molecule has 0 fully saturated rings. The van der Waals surface area contributed by atoms with Gasteiger partial charge in [0, 0.05) is 23.0 Å². The van der Waals surface area contributed by atoms with Gasteiger partial charge in [0.1, 0.15) is 11.8 Å². The molecule has 1 aromatic heterocycles. The van der Waals surface area contributed by atoms with Crippen LogP contribution in [0.4, 0.5) is 5.69 Å². The molecule has 0 aliphatic carbocycles. The Hall–Kier alpha value is -2.34. The number of benzene rings is 1. The first kappa shape index (κ1) is 12.1. The maximum Gasteiger partial charge on any atom is 0.148 e. The van der Waals surface area contributed by atoms with Crippen molar-refractivity contribution >= 4 is 5.69 Å². The molecule has 0 aliphatic heterocycles. The fourth-order valence-electron chi connectivity index (χ4n) is 2.03. The largest absolute Gasteiger partial charge is 0.398 e. The van der Waals surface area contributed by atoms with E-state index in [0.717, 1.165) is 22.4 Å². The van der Waals surface area contributed by atoms with Crippen molar-refractivity contribution in [3.8, 4) is 17.2 Å². The Morgan fingerprint density at radius 1 is 1.17 bits per heavy atom. The van der Waals surface area contributed by atoms with Gasteiger partial charge in [-0.15, -0.1) is 0 Å². The van der Waals surface area contributed by atoms with Crippen LogP contribution < -0.4 is 5.73 Å². The van der Waals surface area contributed by atoms with E-state index in [4.69, 9.17) is 11.0 Å². The third-order valence-corrected chi connectivity index (χ3v) is 2.97. The molecule has 1 heterocycles. The van der Waals surface area contributed by atoms with Gasteiger partial charge in [-0.05, 0) is 23.6 Å². The lowest BCUT2D eigenvalue weighted by atomic mass is 9.94. The molecule has 2 N–H and O–H groups in total. The number of hydrogen-bond donors (Lipinski definition) is 1. The first-order valence-electron chi connectivity index (χ1n) is 5.89.